The molecule has 0 spiro atoms. The summed E-state index contributed by atoms with van der Waals surface area (Å²) >= 11 is 0. The van der Waals surface area contributed by atoms with Gasteiger partial charge >= 0.3 is 0 Å². The van der Waals surface area contributed by atoms with Crippen molar-refractivity contribution in [3.05, 3.63) is 11.8 Å². The van der Waals surface area contributed by atoms with Crippen molar-refractivity contribution in [1.29, 1.82) is 5.26 Å². The molecule has 1 aliphatic rings. The van der Waals surface area contributed by atoms with Gasteiger partial charge in [-0.1, -0.05) is 0 Å². The first-order valence-electron chi connectivity index (χ1n) is 5.22. The summed E-state index contributed by atoms with van der Waals surface area (Å²) < 4.78 is 1.14. The zero-order valence-corrected chi connectivity index (χ0v) is 8.81. The summed E-state index contributed by atoms with van der Waals surface area (Å²) in [6.45, 7) is 1.60. The number of piperidine rings is 1. The third kappa shape index (κ3) is 1.77. The van der Waals surface area contributed by atoms with Gasteiger partial charge in [-0.05, 0) is 19.4 Å². The molecule has 0 amide bonds. The van der Waals surface area contributed by atoms with E-state index in [4.69, 9.17) is 11.0 Å². The normalized spacial score (nSPS) is 20.3. The molecule has 1 atom stereocenters. The highest BCUT2D eigenvalue weighted by atomic mass is 16.2. The highest BCUT2D eigenvalue weighted by Gasteiger charge is 2.25. The third-order valence-electron chi connectivity index (χ3n) is 2.78. The molecular weight excluding hydrogens is 206 g/mol. The van der Waals surface area contributed by atoms with E-state index < -0.39 is 0 Å². The number of aromatic nitrogens is 2. The maximum Gasteiger partial charge on any atom is 0.253 e. The maximum absolute atomic E-state index is 12.0. The molecule has 0 aliphatic carbocycles. The average molecular weight is 219 g/mol. The lowest BCUT2D eigenvalue weighted by Gasteiger charge is -2.21. The summed E-state index contributed by atoms with van der Waals surface area (Å²) in [5, 5.41) is 15.7. The van der Waals surface area contributed by atoms with E-state index in [2.05, 4.69) is 10.4 Å². The first-order chi connectivity index (χ1) is 7.74. The zero-order chi connectivity index (χ0) is 11.5. The Hall–Kier alpha value is -1.87. The van der Waals surface area contributed by atoms with E-state index in [1.54, 1.807) is 0 Å². The molecule has 1 aromatic heterocycles. The summed E-state index contributed by atoms with van der Waals surface area (Å²) in [4.78, 5) is 12.0. The molecular formula is C10H13N5O. The number of nitrogen functional groups attached to an aromatic ring is 1. The Kier molecular flexibility index (Phi) is 2.88. The Morgan fingerprint density at radius 3 is 3.12 bits per heavy atom. The van der Waals surface area contributed by atoms with Crippen LogP contribution in [0.5, 0.6) is 0 Å². The Morgan fingerprint density at radius 1 is 1.75 bits per heavy atom. The number of carbonyl (C=O) groups excluding carboxylic acids is 1. The Balaban J connectivity index is 2.20. The number of hydrogen-bond acceptors (Lipinski definition) is 5. The number of hydrogen-bond donors (Lipinski definition) is 2. The van der Waals surface area contributed by atoms with Gasteiger partial charge in [-0.2, -0.15) is 15.0 Å². The van der Waals surface area contributed by atoms with E-state index in [1.807, 2.05) is 6.07 Å². The van der Waals surface area contributed by atoms with Crippen LogP contribution in [0.4, 0.5) is 5.82 Å². The highest BCUT2D eigenvalue weighted by Crippen LogP contribution is 2.16. The fourth-order valence-corrected chi connectivity index (χ4v) is 1.86. The van der Waals surface area contributed by atoms with E-state index in [1.165, 1.54) is 6.20 Å². The fourth-order valence-electron chi connectivity index (χ4n) is 1.86. The number of anilines is 1. The van der Waals surface area contributed by atoms with Crippen molar-refractivity contribution < 1.29 is 4.79 Å². The van der Waals surface area contributed by atoms with Crippen LogP contribution in [-0.4, -0.2) is 28.8 Å². The second-order valence-corrected chi connectivity index (χ2v) is 3.85. The molecule has 2 heterocycles. The van der Waals surface area contributed by atoms with Gasteiger partial charge in [0.1, 0.15) is 17.5 Å². The second kappa shape index (κ2) is 4.33. The Labute approximate surface area is 93.0 Å². The summed E-state index contributed by atoms with van der Waals surface area (Å²) in [6.07, 6.45) is 3.14. The number of carbonyl (C=O) groups is 1. The topological polar surface area (TPSA) is 96.7 Å². The average Bonchev–Trinajstić information content (AvgIpc) is 2.70. The predicted octanol–water partition coefficient (Wildman–Crippen LogP) is -0.0232. The summed E-state index contributed by atoms with van der Waals surface area (Å²) in [5.74, 6) is -0.0910. The van der Waals surface area contributed by atoms with Gasteiger partial charge in [0.2, 0.25) is 0 Å². The SMILES string of the molecule is N#Cc1cnn(C(=O)C2CCCNC2)c1N. The van der Waals surface area contributed by atoms with Crippen LogP contribution in [0.1, 0.15) is 23.2 Å². The van der Waals surface area contributed by atoms with Gasteiger partial charge in [-0.3, -0.25) is 4.79 Å². The van der Waals surface area contributed by atoms with Crippen LogP contribution in [0.3, 0.4) is 0 Å². The predicted molar refractivity (Wildman–Crippen MR) is 57.6 cm³/mol. The van der Waals surface area contributed by atoms with Gasteiger partial charge in [0.05, 0.1) is 12.1 Å². The first-order valence-corrected chi connectivity index (χ1v) is 5.22. The van der Waals surface area contributed by atoms with Gasteiger partial charge in [0, 0.05) is 6.54 Å². The minimum absolute atomic E-state index is 0.0949. The molecule has 2 rings (SSSR count). The highest BCUT2D eigenvalue weighted by molar-refractivity contribution is 5.84. The van der Waals surface area contributed by atoms with Crippen LogP contribution >= 0.6 is 0 Å². The molecule has 1 unspecified atom stereocenters. The molecule has 16 heavy (non-hydrogen) atoms. The Bertz CT molecular complexity index is 439. The van der Waals surface area contributed by atoms with Crippen molar-refractivity contribution in [3.63, 3.8) is 0 Å². The van der Waals surface area contributed by atoms with Crippen molar-refractivity contribution in [2.75, 3.05) is 18.8 Å². The van der Waals surface area contributed by atoms with Gasteiger partial charge < -0.3 is 11.1 Å². The molecule has 6 heteroatoms. The van der Waals surface area contributed by atoms with Crippen LogP contribution in [0.15, 0.2) is 6.20 Å². The van der Waals surface area contributed by atoms with Crippen LogP contribution in [0, 0.1) is 17.2 Å². The van der Waals surface area contributed by atoms with Crippen LogP contribution in [-0.2, 0) is 0 Å². The summed E-state index contributed by atoms with van der Waals surface area (Å²) in [5.41, 5.74) is 5.91. The summed E-state index contributed by atoms with van der Waals surface area (Å²) in [6, 6.07) is 1.90. The number of nitrogens with one attached hydrogen (secondary N) is 1. The van der Waals surface area contributed by atoms with E-state index in [0.717, 1.165) is 24.1 Å². The number of nitrogens with zero attached hydrogens (tertiary/aromatic N) is 3. The lowest BCUT2D eigenvalue weighted by molar-refractivity contribution is 0.0799. The minimum atomic E-state index is -0.133. The molecule has 1 saturated heterocycles. The molecule has 84 valence electrons. The molecule has 0 saturated carbocycles. The third-order valence-corrected chi connectivity index (χ3v) is 2.78. The quantitative estimate of drug-likeness (QED) is 0.691. The van der Waals surface area contributed by atoms with Crippen molar-refractivity contribution in [2.24, 2.45) is 5.92 Å². The van der Waals surface area contributed by atoms with E-state index in [9.17, 15) is 4.79 Å². The van der Waals surface area contributed by atoms with Gasteiger partial charge in [-0.15, -0.1) is 0 Å². The van der Waals surface area contributed by atoms with E-state index in [-0.39, 0.29) is 23.2 Å². The van der Waals surface area contributed by atoms with E-state index in [0.29, 0.717) is 6.54 Å². The van der Waals surface area contributed by atoms with Gasteiger partial charge in [0.25, 0.3) is 5.91 Å². The number of rotatable bonds is 1. The summed E-state index contributed by atoms with van der Waals surface area (Å²) in [7, 11) is 0. The lowest BCUT2D eigenvalue weighted by Crippen LogP contribution is -2.37. The van der Waals surface area contributed by atoms with Crippen LogP contribution in [0.2, 0.25) is 0 Å². The number of nitriles is 1. The molecule has 0 bridgehead atoms. The van der Waals surface area contributed by atoms with Crippen LogP contribution < -0.4 is 11.1 Å². The molecule has 1 fully saturated rings. The first kappa shape index (κ1) is 10.6. The van der Waals surface area contributed by atoms with Crippen molar-refractivity contribution in [2.45, 2.75) is 12.8 Å². The number of nitrogens with two attached hydrogens (primary N) is 1. The zero-order valence-electron chi connectivity index (χ0n) is 8.81. The van der Waals surface area contributed by atoms with Crippen molar-refractivity contribution in [3.8, 4) is 6.07 Å². The molecule has 1 aromatic rings. The largest absolute Gasteiger partial charge is 0.382 e. The molecule has 0 aromatic carbocycles. The van der Waals surface area contributed by atoms with Crippen molar-refractivity contribution >= 4 is 11.7 Å². The van der Waals surface area contributed by atoms with Crippen LogP contribution in [0.25, 0.3) is 0 Å². The van der Waals surface area contributed by atoms with Gasteiger partial charge in [0.15, 0.2) is 0 Å². The molecule has 6 nitrogen and oxygen atoms in total. The second-order valence-electron chi connectivity index (χ2n) is 3.85. The van der Waals surface area contributed by atoms with Gasteiger partial charge in [-0.25, -0.2) is 0 Å². The minimum Gasteiger partial charge on any atom is -0.382 e. The fraction of sp³-hybridized carbons (Fsp3) is 0.500. The molecule has 0 radical (unpaired) electrons. The van der Waals surface area contributed by atoms with E-state index >= 15 is 0 Å². The lowest BCUT2D eigenvalue weighted by atomic mass is 9.99. The standard InChI is InChI=1S/C10H13N5O/c11-4-8-6-14-15(9(8)12)10(16)7-2-1-3-13-5-7/h6-7,13H,1-3,5,12H2. The maximum atomic E-state index is 12.0. The Morgan fingerprint density at radius 2 is 2.56 bits per heavy atom. The van der Waals surface area contributed by atoms with Crippen molar-refractivity contribution in [1.82, 2.24) is 15.1 Å². The molecule has 1 aliphatic heterocycles. The molecule has 3 N–H and O–H groups in total. The smallest absolute Gasteiger partial charge is 0.253 e. The monoisotopic (exact) mass is 219 g/mol.